The van der Waals surface area contributed by atoms with Crippen molar-refractivity contribution >= 4 is 22.5 Å². The molecular weight excluding hydrogens is 327 g/mol. The Labute approximate surface area is 142 Å². The molecule has 0 N–H and O–H groups in total. The van der Waals surface area contributed by atoms with E-state index in [1.807, 2.05) is 16.7 Å². The lowest BCUT2D eigenvalue weighted by Gasteiger charge is -2.10. The van der Waals surface area contributed by atoms with Crippen molar-refractivity contribution in [2.75, 3.05) is 0 Å². The van der Waals surface area contributed by atoms with Crippen LogP contribution < -0.4 is 0 Å². The molecule has 0 saturated heterocycles. The summed E-state index contributed by atoms with van der Waals surface area (Å²) in [4.78, 5) is 0. The number of aromatic nitrogens is 1. The Morgan fingerprint density at radius 3 is 2.54 bits per heavy atom. The minimum atomic E-state index is -0.370. The van der Waals surface area contributed by atoms with Crippen molar-refractivity contribution in [3.05, 3.63) is 77.3 Å². The van der Waals surface area contributed by atoms with E-state index in [1.165, 1.54) is 12.1 Å². The summed E-state index contributed by atoms with van der Waals surface area (Å²) in [5.41, 5.74) is 2.39. The Morgan fingerprint density at radius 1 is 1.08 bits per heavy atom. The van der Waals surface area contributed by atoms with Gasteiger partial charge in [-0.15, -0.1) is 0 Å². The largest absolute Gasteiger partial charge is 0.463 e. The molecule has 0 fully saturated rings. The molecule has 0 atom stereocenters. The van der Waals surface area contributed by atoms with Gasteiger partial charge in [-0.25, -0.2) is 4.39 Å². The number of hydrogen-bond acceptors (Lipinski definition) is 2. The fourth-order valence-corrected chi connectivity index (χ4v) is 3.01. The molecule has 3 nitrogen and oxygen atoms in total. The van der Waals surface area contributed by atoms with E-state index in [0.29, 0.717) is 32.9 Å². The molecule has 0 aliphatic heterocycles. The lowest BCUT2D eigenvalue weighted by atomic mass is 10.1. The van der Waals surface area contributed by atoms with E-state index in [4.69, 9.17) is 16.0 Å². The van der Waals surface area contributed by atoms with Gasteiger partial charge < -0.3 is 8.98 Å². The van der Waals surface area contributed by atoms with Crippen LogP contribution in [-0.2, 0) is 0 Å². The van der Waals surface area contributed by atoms with Crippen LogP contribution in [0.3, 0.4) is 0 Å². The van der Waals surface area contributed by atoms with E-state index in [0.717, 1.165) is 5.69 Å². The number of furan rings is 1. The minimum absolute atomic E-state index is 0.370. The molecule has 0 aliphatic carbocycles. The highest BCUT2D eigenvalue weighted by Gasteiger charge is 2.22. The van der Waals surface area contributed by atoms with Gasteiger partial charge in [0, 0.05) is 16.1 Å². The smallest absolute Gasteiger partial charge is 0.152 e. The average Bonchev–Trinajstić information content (AvgIpc) is 3.20. The summed E-state index contributed by atoms with van der Waals surface area (Å²) in [5, 5.41) is 10.9. The molecule has 5 heteroatoms. The Hall–Kier alpha value is -3.03. The predicted octanol–water partition coefficient (Wildman–Crippen LogP) is 5.55. The molecule has 4 rings (SSSR count). The van der Waals surface area contributed by atoms with Gasteiger partial charge >= 0.3 is 0 Å². The molecule has 0 bridgehead atoms. The van der Waals surface area contributed by atoms with Crippen LogP contribution in [0.4, 0.5) is 4.39 Å². The first kappa shape index (κ1) is 14.6. The van der Waals surface area contributed by atoms with Gasteiger partial charge in [-0.2, -0.15) is 5.26 Å². The van der Waals surface area contributed by atoms with Crippen molar-refractivity contribution < 1.29 is 8.81 Å². The number of benzene rings is 2. The number of nitriles is 1. The quantitative estimate of drug-likeness (QED) is 0.481. The summed E-state index contributed by atoms with van der Waals surface area (Å²) in [5.74, 6) is 0.170. The van der Waals surface area contributed by atoms with E-state index >= 15 is 0 Å². The van der Waals surface area contributed by atoms with Gasteiger partial charge in [-0.05, 0) is 54.6 Å². The van der Waals surface area contributed by atoms with Gasteiger partial charge in [0.25, 0.3) is 0 Å². The third-order valence-corrected chi connectivity index (χ3v) is 4.13. The second-order valence-electron chi connectivity index (χ2n) is 5.29. The summed E-state index contributed by atoms with van der Waals surface area (Å²) in [6.45, 7) is 0. The monoisotopic (exact) mass is 336 g/mol. The van der Waals surface area contributed by atoms with Crippen molar-refractivity contribution in [1.29, 1.82) is 5.26 Å². The summed E-state index contributed by atoms with van der Waals surface area (Å²) in [6, 6.07) is 17.3. The maximum absolute atomic E-state index is 13.8. The molecule has 116 valence electrons. The van der Waals surface area contributed by atoms with Gasteiger partial charge in [0.15, 0.2) is 5.76 Å². The molecule has 0 unspecified atom stereocenters. The van der Waals surface area contributed by atoms with E-state index in [-0.39, 0.29) is 5.82 Å². The highest BCUT2D eigenvalue weighted by atomic mass is 35.5. The second-order valence-corrected chi connectivity index (χ2v) is 5.72. The third-order valence-electron chi connectivity index (χ3n) is 3.88. The first-order chi connectivity index (χ1) is 11.7. The number of rotatable bonds is 2. The van der Waals surface area contributed by atoms with Gasteiger partial charge in [0.1, 0.15) is 17.6 Å². The third kappa shape index (κ3) is 2.18. The Morgan fingerprint density at radius 2 is 1.88 bits per heavy atom. The molecule has 0 saturated carbocycles. The van der Waals surface area contributed by atoms with Crippen molar-refractivity contribution in [2.45, 2.75) is 0 Å². The van der Waals surface area contributed by atoms with Crippen molar-refractivity contribution in [3.8, 4) is 23.2 Å². The van der Waals surface area contributed by atoms with Crippen LogP contribution >= 0.6 is 11.6 Å². The van der Waals surface area contributed by atoms with Gasteiger partial charge in [0.2, 0.25) is 0 Å². The maximum Gasteiger partial charge on any atom is 0.152 e. The Kier molecular flexibility index (Phi) is 3.37. The molecule has 0 aliphatic rings. The van der Waals surface area contributed by atoms with Crippen LogP contribution in [0, 0.1) is 17.1 Å². The number of nitrogens with zero attached hydrogens (tertiary/aromatic N) is 2. The van der Waals surface area contributed by atoms with Crippen molar-refractivity contribution in [2.24, 2.45) is 0 Å². The lowest BCUT2D eigenvalue weighted by molar-refractivity contribution is 0.578. The molecule has 0 amide bonds. The topological polar surface area (TPSA) is 41.9 Å². The van der Waals surface area contributed by atoms with Crippen LogP contribution in [0.5, 0.6) is 0 Å². The minimum Gasteiger partial charge on any atom is -0.463 e. The predicted molar refractivity (Wildman–Crippen MR) is 90.7 cm³/mol. The van der Waals surface area contributed by atoms with Gasteiger partial charge in [-0.3, -0.25) is 0 Å². The Balaban J connectivity index is 2.17. The van der Waals surface area contributed by atoms with Crippen molar-refractivity contribution in [3.63, 3.8) is 0 Å². The van der Waals surface area contributed by atoms with Crippen LogP contribution in [0.25, 0.3) is 28.0 Å². The van der Waals surface area contributed by atoms with Gasteiger partial charge in [0.05, 0.1) is 17.3 Å². The van der Waals surface area contributed by atoms with E-state index in [1.54, 1.807) is 36.6 Å². The normalized spacial score (nSPS) is 10.9. The van der Waals surface area contributed by atoms with Crippen LogP contribution in [0.1, 0.15) is 5.56 Å². The SMILES string of the molecule is N#Cc1c(-c2ccco2)n(-c2ccc(Cl)cc2)c2cc(F)ccc12. The zero-order chi connectivity index (χ0) is 16.7. The first-order valence-corrected chi connectivity index (χ1v) is 7.60. The zero-order valence-corrected chi connectivity index (χ0v) is 13.1. The molecule has 2 aromatic carbocycles. The number of fused-ring (bicyclic) bond motifs is 1. The summed E-state index contributed by atoms with van der Waals surface area (Å²) < 4.78 is 21.2. The van der Waals surface area contributed by atoms with E-state index in [2.05, 4.69) is 6.07 Å². The molecule has 0 spiro atoms. The van der Waals surface area contributed by atoms with Gasteiger partial charge in [-0.1, -0.05) is 11.6 Å². The lowest BCUT2D eigenvalue weighted by Crippen LogP contribution is -1.97. The van der Waals surface area contributed by atoms with Crippen LogP contribution in [0.15, 0.2) is 65.3 Å². The molecule has 2 heterocycles. The number of halogens is 2. The standard InChI is InChI=1S/C19H10ClFN2O/c20-12-3-6-14(7-4-12)23-17-10-13(21)5-8-15(17)16(11-22)19(23)18-2-1-9-24-18/h1-10H. The molecule has 24 heavy (non-hydrogen) atoms. The highest BCUT2D eigenvalue weighted by Crippen LogP contribution is 2.36. The Bertz CT molecular complexity index is 1070. The van der Waals surface area contributed by atoms with E-state index in [9.17, 15) is 9.65 Å². The summed E-state index contributed by atoms with van der Waals surface area (Å²) in [7, 11) is 0. The fraction of sp³-hybridized carbons (Fsp3) is 0. The number of hydrogen-bond donors (Lipinski definition) is 0. The summed E-state index contributed by atoms with van der Waals surface area (Å²) in [6.07, 6.45) is 1.54. The summed E-state index contributed by atoms with van der Waals surface area (Å²) >= 11 is 5.97. The second kappa shape index (κ2) is 5.55. The highest BCUT2D eigenvalue weighted by molar-refractivity contribution is 6.30. The van der Waals surface area contributed by atoms with Crippen LogP contribution in [0.2, 0.25) is 5.02 Å². The zero-order valence-electron chi connectivity index (χ0n) is 12.3. The molecular formula is C19H10ClFN2O. The average molecular weight is 337 g/mol. The maximum atomic E-state index is 13.8. The molecule has 4 aromatic rings. The molecule has 2 aromatic heterocycles. The first-order valence-electron chi connectivity index (χ1n) is 7.23. The molecule has 0 radical (unpaired) electrons. The van der Waals surface area contributed by atoms with Crippen molar-refractivity contribution in [1.82, 2.24) is 4.57 Å². The van der Waals surface area contributed by atoms with E-state index < -0.39 is 0 Å². The van der Waals surface area contributed by atoms with Crippen LogP contribution in [-0.4, -0.2) is 4.57 Å². The fourth-order valence-electron chi connectivity index (χ4n) is 2.88.